The minimum absolute atomic E-state index is 0.0304. The van der Waals surface area contributed by atoms with Crippen LogP contribution in [0.3, 0.4) is 0 Å². The number of likely N-dealkylation sites (N-methyl/N-ethyl adjacent to an activating group) is 1. The van der Waals surface area contributed by atoms with E-state index in [4.69, 9.17) is 0 Å². The van der Waals surface area contributed by atoms with Crippen LogP contribution in [0.25, 0.3) is 0 Å². The van der Waals surface area contributed by atoms with E-state index >= 15 is 0 Å². The lowest BCUT2D eigenvalue weighted by atomic mass is 10.2. The minimum Gasteiger partial charge on any atom is -0.337 e. The van der Waals surface area contributed by atoms with E-state index in [0.29, 0.717) is 10.0 Å². The van der Waals surface area contributed by atoms with Crippen molar-refractivity contribution in [3.8, 4) is 0 Å². The first kappa shape index (κ1) is 13.5. The molecule has 3 nitrogen and oxygen atoms in total. The second-order valence-corrected chi connectivity index (χ2v) is 5.43. The van der Waals surface area contributed by atoms with Gasteiger partial charge in [-0.15, -0.1) is 0 Å². The topological polar surface area (TPSA) is 23.6 Å². The number of halogens is 2. The maximum Gasteiger partial charge on any atom is 0.255 e. The van der Waals surface area contributed by atoms with Crippen molar-refractivity contribution in [1.82, 2.24) is 9.80 Å². The minimum atomic E-state index is -0.339. The van der Waals surface area contributed by atoms with E-state index in [1.54, 1.807) is 0 Å². The molecule has 0 radical (unpaired) electrons. The van der Waals surface area contributed by atoms with Crippen LogP contribution in [-0.2, 0) is 0 Å². The van der Waals surface area contributed by atoms with Crippen LogP contribution < -0.4 is 0 Å². The molecule has 5 heteroatoms. The van der Waals surface area contributed by atoms with E-state index < -0.39 is 0 Å². The molecule has 0 atom stereocenters. The molecule has 18 heavy (non-hydrogen) atoms. The summed E-state index contributed by atoms with van der Waals surface area (Å²) in [4.78, 5) is 16.4. The Balaban J connectivity index is 2.15. The van der Waals surface area contributed by atoms with Gasteiger partial charge in [0.15, 0.2) is 0 Å². The second kappa shape index (κ2) is 5.80. The molecular formula is C13H16BrFN2O. The third kappa shape index (κ3) is 3.09. The zero-order valence-corrected chi connectivity index (χ0v) is 11.9. The Labute approximate surface area is 115 Å². The molecule has 1 amide bonds. The summed E-state index contributed by atoms with van der Waals surface area (Å²) < 4.78 is 13.5. The van der Waals surface area contributed by atoms with Gasteiger partial charge in [0.1, 0.15) is 5.82 Å². The maximum absolute atomic E-state index is 13.0. The number of carbonyl (C=O) groups excluding carboxylic acids is 1. The fourth-order valence-corrected chi connectivity index (χ4v) is 2.60. The van der Waals surface area contributed by atoms with E-state index in [9.17, 15) is 9.18 Å². The number of hydrogen-bond donors (Lipinski definition) is 0. The first-order valence-corrected chi connectivity index (χ1v) is 6.80. The van der Waals surface area contributed by atoms with Crippen LogP contribution in [0.4, 0.5) is 4.39 Å². The van der Waals surface area contributed by atoms with Gasteiger partial charge in [-0.1, -0.05) is 0 Å². The molecule has 1 fully saturated rings. The van der Waals surface area contributed by atoms with E-state index in [1.165, 1.54) is 18.2 Å². The number of rotatable bonds is 1. The van der Waals surface area contributed by atoms with Crippen LogP contribution in [0.1, 0.15) is 16.8 Å². The van der Waals surface area contributed by atoms with Gasteiger partial charge in [0.05, 0.1) is 5.56 Å². The summed E-state index contributed by atoms with van der Waals surface area (Å²) in [5.41, 5.74) is 0.529. The quantitative estimate of drug-likeness (QED) is 0.794. The highest BCUT2D eigenvalue weighted by Gasteiger charge is 2.20. The summed E-state index contributed by atoms with van der Waals surface area (Å²) in [5.74, 6) is -0.369. The summed E-state index contributed by atoms with van der Waals surface area (Å²) >= 11 is 3.25. The summed E-state index contributed by atoms with van der Waals surface area (Å²) in [6, 6.07) is 4.19. The zero-order chi connectivity index (χ0) is 13.1. The Morgan fingerprint density at radius 3 is 2.78 bits per heavy atom. The highest BCUT2D eigenvalue weighted by Crippen LogP contribution is 2.20. The zero-order valence-electron chi connectivity index (χ0n) is 10.3. The number of hydrogen-bond acceptors (Lipinski definition) is 2. The smallest absolute Gasteiger partial charge is 0.255 e. The number of benzene rings is 1. The predicted molar refractivity (Wildman–Crippen MR) is 72.1 cm³/mol. The molecule has 0 bridgehead atoms. The molecular weight excluding hydrogens is 299 g/mol. The van der Waals surface area contributed by atoms with Crippen LogP contribution in [0.15, 0.2) is 22.7 Å². The summed E-state index contributed by atoms with van der Waals surface area (Å²) in [6.45, 7) is 3.37. The normalized spacial score (nSPS) is 17.6. The summed E-state index contributed by atoms with van der Waals surface area (Å²) in [7, 11) is 2.06. The van der Waals surface area contributed by atoms with Gasteiger partial charge in [0, 0.05) is 24.1 Å². The third-order valence-electron chi connectivity index (χ3n) is 3.17. The molecule has 0 aromatic heterocycles. The Morgan fingerprint density at radius 1 is 1.28 bits per heavy atom. The van der Waals surface area contributed by atoms with E-state index in [0.717, 1.165) is 32.6 Å². The Hall–Kier alpha value is -0.940. The molecule has 0 N–H and O–H groups in total. The molecule has 1 aromatic rings. The largest absolute Gasteiger partial charge is 0.337 e. The van der Waals surface area contributed by atoms with Crippen molar-refractivity contribution in [2.75, 3.05) is 33.2 Å². The molecule has 1 aliphatic heterocycles. The molecule has 1 aliphatic rings. The van der Waals surface area contributed by atoms with Crippen LogP contribution >= 0.6 is 15.9 Å². The maximum atomic E-state index is 13.0. The molecule has 98 valence electrons. The van der Waals surface area contributed by atoms with Gasteiger partial charge in [0.2, 0.25) is 0 Å². The van der Waals surface area contributed by atoms with E-state index in [-0.39, 0.29) is 11.7 Å². The molecule has 1 heterocycles. The Morgan fingerprint density at radius 2 is 2.06 bits per heavy atom. The molecule has 2 rings (SSSR count). The average molecular weight is 315 g/mol. The van der Waals surface area contributed by atoms with Gasteiger partial charge in [-0.2, -0.15) is 0 Å². The van der Waals surface area contributed by atoms with Crippen molar-refractivity contribution < 1.29 is 9.18 Å². The summed E-state index contributed by atoms with van der Waals surface area (Å²) in [6.07, 6.45) is 0.973. The van der Waals surface area contributed by atoms with Gasteiger partial charge in [0.25, 0.3) is 5.91 Å². The van der Waals surface area contributed by atoms with Gasteiger partial charge < -0.3 is 9.80 Å². The lowest BCUT2D eigenvalue weighted by molar-refractivity contribution is 0.0762. The SMILES string of the molecule is CN1CCCN(C(=O)c2ccc(F)cc2Br)CC1. The van der Waals surface area contributed by atoms with E-state index in [2.05, 4.69) is 27.9 Å². The van der Waals surface area contributed by atoms with Crippen molar-refractivity contribution in [2.45, 2.75) is 6.42 Å². The highest BCUT2D eigenvalue weighted by molar-refractivity contribution is 9.10. The van der Waals surface area contributed by atoms with Gasteiger partial charge >= 0.3 is 0 Å². The predicted octanol–water partition coefficient (Wildman–Crippen LogP) is 2.37. The first-order valence-electron chi connectivity index (χ1n) is 6.01. The lowest BCUT2D eigenvalue weighted by Gasteiger charge is -2.21. The lowest BCUT2D eigenvalue weighted by Crippen LogP contribution is -2.34. The fourth-order valence-electron chi connectivity index (χ4n) is 2.08. The van der Waals surface area contributed by atoms with E-state index in [1.807, 2.05) is 4.90 Å². The van der Waals surface area contributed by atoms with Crippen LogP contribution in [0, 0.1) is 5.82 Å². The second-order valence-electron chi connectivity index (χ2n) is 4.57. The van der Waals surface area contributed by atoms with Crippen LogP contribution in [-0.4, -0.2) is 48.9 Å². The fraction of sp³-hybridized carbons (Fsp3) is 0.462. The molecule has 0 spiro atoms. The molecule has 1 aromatic carbocycles. The standard InChI is InChI=1S/C13H16BrFN2O/c1-16-5-2-6-17(8-7-16)13(18)11-4-3-10(15)9-12(11)14/h3-4,9H,2,5-8H2,1H3. The Kier molecular flexibility index (Phi) is 4.35. The van der Waals surface area contributed by atoms with Crippen molar-refractivity contribution in [3.05, 3.63) is 34.1 Å². The van der Waals surface area contributed by atoms with Crippen molar-refractivity contribution in [1.29, 1.82) is 0 Å². The monoisotopic (exact) mass is 314 g/mol. The van der Waals surface area contributed by atoms with Crippen LogP contribution in [0.2, 0.25) is 0 Å². The van der Waals surface area contributed by atoms with Crippen molar-refractivity contribution in [3.63, 3.8) is 0 Å². The summed E-state index contributed by atoms with van der Waals surface area (Å²) in [5, 5.41) is 0. The number of amides is 1. The van der Waals surface area contributed by atoms with Gasteiger partial charge in [-0.25, -0.2) is 4.39 Å². The number of nitrogens with zero attached hydrogens (tertiary/aromatic N) is 2. The average Bonchev–Trinajstić information content (AvgIpc) is 2.53. The Bertz CT molecular complexity index is 453. The van der Waals surface area contributed by atoms with Crippen molar-refractivity contribution >= 4 is 21.8 Å². The van der Waals surface area contributed by atoms with Gasteiger partial charge in [-0.3, -0.25) is 4.79 Å². The highest BCUT2D eigenvalue weighted by atomic mass is 79.9. The first-order chi connectivity index (χ1) is 8.58. The van der Waals surface area contributed by atoms with Crippen molar-refractivity contribution in [2.24, 2.45) is 0 Å². The molecule has 0 saturated carbocycles. The van der Waals surface area contributed by atoms with Gasteiger partial charge in [-0.05, 0) is 54.1 Å². The molecule has 1 saturated heterocycles. The molecule has 0 unspecified atom stereocenters. The number of carbonyl (C=O) groups is 1. The van der Waals surface area contributed by atoms with Crippen LogP contribution in [0.5, 0.6) is 0 Å². The third-order valence-corrected chi connectivity index (χ3v) is 3.82. The molecule has 0 aliphatic carbocycles.